The first kappa shape index (κ1) is 20.3. The number of nitrogens with one attached hydrogen (secondary N) is 1. The fourth-order valence-corrected chi connectivity index (χ4v) is 4.29. The fourth-order valence-electron chi connectivity index (χ4n) is 4.29. The van der Waals surface area contributed by atoms with Gasteiger partial charge in [-0.15, -0.1) is 0 Å². The number of aliphatic hydroxyl groups excluding tert-OH is 3. The van der Waals surface area contributed by atoms with Crippen LogP contribution < -0.4 is 10.2 Å². The highest BCUT2D eigenvalue weighted by molar-refractivity contribution is 5.97. The fraction of sp³-hybridized carbons (Fsp3) is 0.571. The van der Waals surface area contributed by atoms with Crippen molar-refractivity contribution in [2.24, 2.45) is 0 Å². The van der Waals surface area contributed by atoms with E-state index in [1.54, 1.807) is 13.0 Å². The molecule has 2 heterocycles. The second-order valence-corrected chi connectivity index (χ2v) is 7.96. The predicted octanol–water partition coefficient (Wildman–Crippen LogP) is 0.0127. The SMILES string of the molecule is C/C(=C\c1ccc(N2CCCC2)cc1)C(=O)N[C@@H]1[C@H](O)[C@@H](O)[C@H]2OCO[C@H]2[C@@H]1O. The number of aliphatic hydroxyl groups is 3. The van der Waals surface area contributed by atoms with E-state index in [0.29, 0.717) is 5.57 Å². The number of carbonyl (C=O) groups is 1. The number of hydrogen-bond acceptors (Lipinski definition) is 7. The van der Waals surface area contributed by atoms with Crippen LogP contribution in [0.4, 0.5) is 5.69 Å². The van der Waals surface area contributed by atoms with E-state index in [4.69, 9.17) is 9.47 Å². The molecule has 0 unspecified atom stereocenters. The number of rotatable bonds is 4. The summed E-state index contributed by atoms with van der Waals surface area (Å²) >= 11 is 0. The first-order valence-electron chi connectivity index (χ1n) is 10.1. The highest BCUT2D eigenvalue weighted by Crippen LogP contribution is 2.30. The Hall–Kier alpha value is -1.97. The first-order chi connectivity index (χ1) is 14.0. The van der Waals surface area contributed by atoms with Gasteiger partial charge in [0.2, 0.25) is 5.91 Å². The Balaban J connectivity index is 1.42. The largest absolute Gasteiger partial charge is 0.388 e. The number of ether oxygens (including phenoxy) is 2. The molecule has 1 amide bonds. The van der Waals surface area contributed by atoms with Crippen molar-refractivity contribution in [3.63, 3.8) is 0 Å². The Kier molecular flexibility index (Phi) is 5.89. The van der Waals surface area contributed by atoms with Gasteiger partial charge < -0.3 is 35.0 Å². The molecule has 1 aromatic carbocycles. The molecular weight excluding hydrogens is 376 g/mol. The van der Waals surface area contributed by atoms with Crippen LogP contribution in [0.1, 0.15) is 25.3 Å². The van der Waals surface area contributed by atoms with Crippen LogP contribution in [0.15, 0.2) is 29.8 Å². The summed E-state index contributed by atoms with van der Waals surface area (Å²) in [5.41, 5.74) is 2.49. The van der Waals surface area contributed by atoms with Crippen LogP contribution in [0, 0.1) is 0 Å². The van der Waals surface area contributed by atoms with Crippen molar-refractivity contribution in [3.8, 4) is 0 Å². The second-order valence-electron chi connectivity index (χ2n) is 7.96. The summed E-state index contributed by atoms with van der Waals surface area (Å²) < 4.78 is 10.5. The molecule has 6 atom stereocenters. The van der Waals surface area contributed by atoms with E-state index in [2.05, 4.69) is 10.2 Å². The van der Waals surface area contributed by atoms with E-state index >= 15 is 0 Å². The third-order valence-corrected chi connectivity index (χ3v) is 6.01. The van der Waals surface area contributed by atoms with E-state index in [0.717, 1.165) is 18.7 Å². The predicted molar refractivity (Wildman–Crippen MR) is 106 cm³/mol. The van der Waals surface area contributed by atoms with Gasteiger partial charge in [-0.25, -0.2) is 0 Å². The topological polar surface area (TPSA) is 111 Å². The van der Waals surface area contributed by atoms with Gasteiger partial charge in [0, 0.05) is 24.4 Å². The van der Waals surface area contributed by atoms with Crippen molar-refractivity contribution in [3.05, 3.63) is 35.4 Å². The third-order valence-electron chi connectivity index (χ3n) is 6.01. The normalized spacial score (nSPS) is 34.9. The summed E-state index contributed by atoms with van der Waals surface area (Å²) in [6.07, 6.45) is -1.21. The summed E-state index contributed by atoms with van der Waals surface area (Å²) in [4.78, 5) is 15.0. The van der Waals surface area contributed by atoms with E-state index in [1.165, 1.54) is 18.5 Å². The monoisotopic (exact) mass is 404 g/mol. The lowest BCUT2D eigenvalue weighted by molar-refractivity contribution is -0.155. The van der Waals surface area contributed by atoms with Crippen LogP contribution in [0.2, 0.25) is 0 Å². The molecule has 0 spiro atoms. The van der Waals surface area contributed by atoms with E-state index in [1.807, 2.05) is 24.3 Å². The molecule has 4 rings (SSSR count). The van der Waals surface area contributed by atoms with Crippen LogP contribution in [0.25, 0.3) is 6.08 Å². The summed E-state index contributed by atoms with van der Waals surface area (Å²) in [6, 6.07) is 6.97. The maximum Gasteiger partial charge on any atom is 0.247 e. The average molecular weight is 404 g/mol. The van der Waals surface area contributed by atoms with Gasteiger partial charge >= 0.3 is 0 Å². The maximum absolute atomic E-state index is 12.6. The zero-order valence-corrected chi connectivity index (χ0v) is 16.4. The molecule has 8 nitrogen and oxygen atoms in total. The number of benzene rings is 1. The van der Waals surface area contributed by atoms with Gasteiger partial charge in [-0.05, 0) is 43.5 Å². The molecule has 158 valence electrons. The lowest BCUT2D eigenvalue weighted by Gasteiger charge is -2.41. The van der Waals surface area contributed by atoms with Crippen molar-refractivity contribution in [2.75, 3.05) is 24.8 Å². The highest BCUT2D eigenvalue weighted by Gasteiger charge is 2.53. The lowest BCUT2D eigenvalue weighted by atomic mass is 9.83. The van der Waals surface area contributed by atoms with Gasteiger partial charge in [0.15, 0.2) is 0 Å². The highest BCUT2D eigenvalue weighted by atomic mass is 16.7. The summed E-state index contributed by atoms with van der Waals surface area (Å²) in [5, 5.41) is 33.6. The Labute approximate surface area is 169 Å². The molecule has 1 aromatic rings. The number of anilines is 1. The standard InChI is InChI=1S/C21H28N2O6/c1-12(10-13-4-6-14(7-5-13)23-8-2-3-9-23)21(27)22-15-16(24)18(26)20-19(17(15)25)28-11-29-20/h4-7,10,15-20,24-26H,2-3,8-9,11H2,1H3,(H,22,27)/b12-10+/t15-,16+,17-,18-,19+,20-/m1/s1. The van der Waals surface area contributed by atoms with E-state index in [9.17, 15) is 20.1 Å². The van der Waals surface area contributed by atoms with Crippen LogP contribution in [0.5, 0.6) is 0 Å². The Morgan fingerprint density at radius 1 is 1.03 bits per heavy atom. The zero-order valence-electron chi connectivity index (χ0n) is 16.4. The molecule has 3 fully saturated rings. The summed E-state index contributed by atoms with van der Waals surface area (Å²) in [6.45, 7) is 3.75. The number of hydrogen-bond donors (Lipinski definition) is 4. The van der Waals surface area contributed by atoms with E-state index in [-0.39, 0.29) is 6.79 Å². The van der Waals surface area contributed by atoms with Gasteiger partial charge in [-0.3, -0.25) is 4.79 Å². The van der Waals surface area contributed by atoms with Gasteiger partial charge in [0.25, 0.3) is 0 Å². The molecule has 4 N–H and O–H groups in total. The maximum atomic E-state index is 12.6. The minimum absolute atomic E-state index is 0.0663. The van der Waals surface area contributed by atoms with Crippen molar-refractivity contribution in [2.45, 2.75) is 56.3 Å². The molecule has 1 saturated carbocycles. The second kappa shape index (κ2) is 8.41. The summed E-state index contributed by atoms with van der Waals surface area (Å²) in [7, 11) is 0. The van der Waals surface area contributed by atoms with Gasteiger partial charge in [-0.1, -0.05) is 12.1 Å². The van der Waals surface area contributed by atoms with Crippen molar-refractivity contribution >= 4 is 17.7 Å². The Bertz CT molecular complexity index is 761. The number of nitrogens with zero attached hydrogens (tertiary/aromatic N) is 1. The Morgan fingerprint density at radius 2 is 1.66 bits per heavy atom. The molecule has 3 aliphatic rings. The number of amides is 1. The molecule has 0 aromatic heterocycles. The molecule has 2 saturated heterocycles. The van der Waals surface area contributed by atoms with Crippen LogP contribution in [-0.2, 0) is 14.3 Å². The minimum atomic E-state index is -1.36. The molecule has 8 heteroatoms. The van der Waals surface area contributed by atoms with E-state index < -0.39 is 42.5 Å². The van der Waals surface area contributed by atoms with Crippen molar-refractivity contribution in [1.29, 1.82) is 0 Å². The van der Waals surface area contributed by atoms with Gasteiger partial charge in [-0.2, -0.15) is 0 Å². The third kappa shape index (κ3) is 4.04. The average Bonchev–Trinajstić information content (AvgIpc) is 3.42. The smallest absolute Gasteiger partial charge is 0.247 e. The molecule has 29 heavy (non-hydrogen) atoms. The number of carbonyl (C=O) groups excluding carboxylic acids is 1. The van der Waals surface area contributed by atoms with Gasteiger partial charge in [0.05, 0.1) is 6.04 Å². The zero-order chi connectivity index (χ0) is 20.5. The molecule has 2 aliphatic heterocycles. The molecule has 0 radical (unpaired) electrons. The van der Waals surface area contributed by atoms with Gasteiger partial charge in [0.1, 0.15) is 37.3 Å². The molecular formula is C21H28N2O6. The first-order valence-corrected chi connectivity index (χ1v) is 10.1. The molecule has 1 aliphatic carbocycles. The quantitative estimate of drug-likeness (QED) is 0.523. The van der Waals surface area contributed by atoms with Crippen LogP contribution >= 0.6 is 0 Å². The minimum Gasteiger partial charge on any atom is -0.388 e. The van der Waals surface area contributed by atoms with Crippen LogP contribution in [0.3, 0.4) is 0 Å². The van der Waals surface area contributed by atoms with Crippen molar-refractivity contribution < 1.29 is 29.6 Å². The Morgan fingerprint density at radius 3 is 2.31 bits per heavy atom. The molecule has 0 bridgehead atoms. The summed E-state index contributed by atoms with van der Waals surface area (Å²) in [5.74, 6) is -0.429. The van der Waals surface area contributed by atoms with Crippen LogP contribution in [-0.4, -0.2) is 77.7 Å². The lowest BCUT2D eigenvalue weighted by Crippen LogP contribution is -2.67. The van der Waals surface area contributed by atoms with Crippen molar-refractivity contribution in [1.82, 2.24) is 5.32 Å². The number of fused-ring (bicyclic) bond motifs is 1.